The number of halogens is 1. The maximum atomic E-state index is 6.15. The van der Waals surface area contributed by atoms with Crippen molar-refractivity contribution in [1.29, 1.82) is 0 Å². The van der Waals surface area contributed by atoms with E-state index in [0.29, 0.717) is 0 Å². The van der Waals surface area contributed by atoms with Gasteiger partial charge in [0, 0.05) is 73.3 Å². The van der Waals surface area contributed by atoms with Crippen LogP contribution in [0.2, 0.25) is 5.02 Å². The van der Waals surface area contributed by atoms with Crippen molar-refractivity contribution in [2.24, 2.45) is 0 Å². The van der Waals surface area contributed by atoms with E-state index in [1.165, 1.54) is 22.2 Å². The topological polar surface area (TPSA) is 57.2 Å². The summed E-state index contributed by atoms with van der Waals surface area (Å²) in [5.41, 5.74) is 4.65. The van der Waals surface area contributed by atoms with Crippen LogP contribution in [0.15, 0.2) is 79.5 Å². The maximum absolute atomic E-state index is 6.15. The van der Waals surface area contributed by atoms with Crippen molar-refractivity contribution in [3.8, 4) is 0 Å². The highest BCUT2D eigenvalue weighted by Gasteiger charge is 2.19. The van der Waals surface area contributed by atoms with Crippen LogP contribution < -0.4 is 10.2 Å². The fraction of sp³-hybridized carbons (Fsp3) is 0.296. The smallest absolute Gasteiger partial charge is 0.0737 e. The third-order valence-corrected chi connectivity index (χ3v) is 6.71. The Kier molecular flexibility index (Phi) is 7.29. The number of nitrogens with zero attached hydrogens (tertiary/aromatic N) is 5. The van der Waals surface area contributed by atoms with Crippen molar-refractivity contribution in [3.05, 3.63) is 95.7 Å². The molecular formula is C27H29ClN6. The number of fused-ring (bicyclic) bond motifs is 1. The number of hydrogen-bond donors (Lipinski definition) is 1. The van der Waals surface area contributed by atoms with Gasteiger partial charge in [0.1, 0.15) is 0 Å². The Morgan fingerprint density at radius 2 is 1.50 bits per heavy atom. The minimum Gasteiger partial charge on any atom is -0.368 e. The van der Waals surface area contributed by atoms with Crippen LogP contribution >= 0.6 is 11.6 Å². The molecule has 0 atom stereocenters. The molecule has 1 saturated heterocycles. The van der Waals surface area contributed by atoms with E-state index in [1.54, 1.807) is 0 Å². The molecule has 34 heavy (non-hydrogen) atoms. The van der Waals surface area contributed by atoms with Crippen molar-refractivity contribution in [3.63, 3.8) is 0 Å². The van der Waals surface area contributed by atoms with E-state index in [0.717, 1.165) is 56.2 Å². The lowest BCUT2D eigenvalue weighted by molar-refractivity contribution is 0.253. The first kappa shape index (κ1) is 22.7. The summed E-state index contributed by atoms with van der Waals surface area (Å²) in [6, 6.07) is 16.5. The monoisotopic (exact) mass is 472 g/mol. The fourth-order valence-corrected chi connectivity index (χ4v) is 4.85. The van der Waals surface area contributed by atoms with Crippen LogP contribution in [0, 0.1) is 0 Å². The van der Waals surface area contributed by atoms with E-state index >= 15 is 0 Å². The second kappa shape index (κ2) is 10.9. The van der Waals surface area contributed by atoms with Gasteiger partial charge in [-0.05, 0) is 79.2 Å². The van der Waals surface area contributed by atoms with Crippen LogP contribution in [0.1, 0.15) is 23.6 Å². The number of aromatic nitrogens is 3. The molecule has 174 valence electrons. The summed E-state index contributed by atoms with van der Waals surface area (Å²) in [5.74, 6) is 0. The number of anilines is 1. The molecule has 0 unspecified atom stereocenters. The fourth-order valence-electron chi connectivity index (χ4n) is 4.68. The SMILES string of the molecule is Clc1ccc2c(N3CCN(CCCNC(c4ccncc4)c4ccncc4)CC3)ccnc2c1. The highest BCUT2D eigenvalue weighted by atomic mass is 35.5. The Bertz CT molecular complexity index is 1160. The molecule has 0 bridgehead atoms. The summed E-state index contributed by atoms with van der Waals surface area (Å²) in [4.78, 5) is 17.8. The molecule has 1 N–H and O–H groups in total. The normalized spacial score (nSPS) is 14.7. The first-order valence-corrected chi connectivity index (χ1v) is 12.2. The highest BCUT2D eigenvalue weighted by Crippen LogP contribution is 2.28. The van der Waals surface area contributed by atoms with Crippen molar-refractivity contribution in [2.45, 2.75) is 12.5 Å². The third-order valence-electron chi connectivity index (χ3n) is 6.47. The van der Waals surface area contributed by atoms with Gasteiger partial charge in [0.15, 0.2) is 0 Å². The molecule has 0 radical (unpaired) electrons. The van der Waals surface area contributed by atoms with Crippen molar-refractivity contribution in [2.75, 3.05) is 44.2 Å². The van der Waals surface area contributed by atoms with E-state index < -0.39 is 0 Å². The summed E-state index contributed by atoms with van der Waals surface area (Å²) in [5, 5.41) is 5.64. The van der Waals surface area contributed by atoms with E-state index in [9.17, 15) is 0 Å². The summed E-state index contributed by atoms with van der Waals surface area (Å²) in [6.45, 7) is 6.21. The van der Waals surface area contributed by atoms with Crippen LogP contribution in [0.25, 0.3) is 10.9 Å². The van der Waals surface area contributed by atoms with Crippen molar-refractivity contribution < 1.29 is 0 Å². The number of piperazine rings is 1. The Morgan fingerprint density at radius 3 is 2.18 bits per heavy atom. The van der Waals surface area contributed by atoms with Gasteiger partial charge in [0.2, 0.25) is 0 Å². The zero-order valence-corrected chi connectivity index (χ0v) is 19.9. The number of pyridine rings is 3. The van der Waals surface area contributed by atoms with Gasteiger partial charge in [-0.3, -0.25) is 19.9 Å². The van der Waals surface area contributed by atoms with Crippen LogP contribution in [-0.4, -0.2) is 59.1 Å². The number of rotatable bonds is 8. The minimum absolute atomic E-state index is 0.149. The Labute approximate surface area is 205 Å². The van der Waals surface area contributed by atoms with Crippen molar-refractivity contribution >= 4 is 28.2 Å². The predicted octanol–water partition coefficient (Wildman–Crippen LogP) is 4.57. The molecule has 5 rings (SSSR count). The molecule has 7 heteroatoms. The zero-order valence-electron chi connectivity index (χ0n) is 19.1. The van der Waals surface area contributed by atoms with Gasteiger partial charge >= 0.3 is 0 Å². The summed E-state index contributed by atoms with van der Waals surface area (Å²) >= 11 is 6.15. The Morgan fingerprint density at radius 1 is 0.824 bits per heavy atom. The van der Waals surface area contributed by atoms with Crippen LogP contribution in [0.5, 0.6) is 0 Å². The molecule has 0 spiro atoms. The van der Waals surface area contributed by atoms with E-state index in [4.69, 9.17) is 11.6 Å². The highest BCUT2D eigenvalue weighted by molar-refractivity contribution is 6.31. The van der Waals surface area contributed by atoms with Gasteiger partial charge in [-0.15, -0.1) is 0 Å². The summed E-state index contributed by atoms with van der Waals surface area (Å²) in [6.07, 6.45) is 10.4. The van der Waals surface area contributed by atoms with Crippen LogP contribution in [0.4, 0.5) is 5.69 Å². The van der Waals surface area contributed by atoms with Gasteiger partial charge < -0.3 is 10.2 Å². The molecule has 3 aromatic heterocycles. The first-order chi connectivity index (χ1) is 16.8. The first-order valence-electron chi connectivity index (χ1n) is 11.8. The van der Waals surface area contributed by atoms with Crippen LogP contribution in [0.3, 0.4) is 0 Å². The number of nitrogens with one attached hydrogen (secondary N) is 1. The van der Waals surface area contributed by atoms with E-state index in [1.807, 2.05) is 43.1 Å². The molecule has 0 amide bonds. The molecule has 4 heterocycles. The van der Waals surface area contributed by atoms with Gasteiger partial charge in [-0.25, -0.2) is 0 Å². The average Bonchev–Trinajstić information content (AvgIpc) is 2.89. The Hall–Kier alpha value is -3.06. The second-order valence-corrected chi connectivity index (χ2v) is 9.06. The standard InChI is InChI=1S/C27H29ClN6/c28-23-2-3-24-25(20-23)31-14-8-26(24)34-18-16-33(17-19-34)15-1-9-32-27(21-4-10-29-11-5-21)22-6-12-30-13-7-22/h2-8,10-14,20,27,32H,1,9,15-19H2. The van der Waals surface area contributed by atoms with Gasteiger partial charge in [0.25, 0.3) is 0 Å². The van der Waals surface area contributed by atoms with E-state index in [2.05, 4.69) is 66.5 Å². The molecular weight excluding hydrogens is 444 g/mol. The molecule has 1 aromatic carbocycles. The maximum Gasteiger partial charge on any atom is 0.0737 e. The number of benzene rings is 1. The molecule has 0 saturated carbocycles. The van der Waals surface area contributed by atoms with Gasteiger partial charge in [-0.2, -0.15) is 0 Å². The minimum atomic E-state index is 0.149. The molecule has 6 nitrogen and oxygen atoms in total. The van der Waals surface area contributed by atoms with Gasteiger partial charge in [0.05, 0.1) is 11.6 Å². The summed E-state index contributed by atoms with van der Waals surface area (Å²) in [7, 11) is 0. The average molecular weight is 473 g/mol. The molecule has 0 aliphatic carbocycles. The zero-order chi connectivity index (χ0) is 23.2. The van der Waals surface area contributed by atoms with Crippen LogP contribution in [-0.2, 0) is 0 Å². The van der Waals surface area contributed by atoms with Crippen molar-refractivity contribution in [1.82, 2.24) is 25.2 Å². The largest absolute Gasteiger partial charge is 0.368 e. The molecule has 1 fully saturated rings. The quantitative estimate of drug-likeness (QED) is 0.379. The lowest BCUT2D eigenvalue weighted by Gasteiger charge is -2.36. The molecule has 1 aliphatic heterocycles. The lowest BCUT2D eigenvalue weighted by Crippen LogP contribution is -2.47. The Balaban J connectivity index is 1.13. The molecule has 4 aromatic rings. The number of hydrogen-bond acceptors (Lipinski definition) is 6. The lowest BCUT2D eigenvalue weighted by atomic mass is 10.0. The van der Waals surface area contributed by atoms with Gasteiger partial charge in [-0.1, -0.05) is 11.6 Å². The summed E-state index contributed by atoms with van der Waals surface area (Å²) < 4.78 is 0. The predicted molar refractivity (Wildman–Crippen MR) is 138 cm³/mol. The third kappa shape index (κ3) is 5.36. The molecule has 1 aliphatic rings. The van der Waals surface area contributed by atoms with E-state index in [-0.39, 0.29) is 6.04 Å². The second-order valence-electron chi connectivity index (χ2n) is 8.62.